The average molecular weight is 206 g/mol. The van der Waals surface area contributed by atoms with Crippen LogP contribution in [0.25, 0.3) is 5.52 Å². The molecule has 1 N–H and O–H groups in total. The molecule has 0 aromatic carbocycles. The van der Waals surface area contributed by atoms with Crippen LogP contribution >= 0.6 is 0 Å². The molecule has 0 spiro atoms. The summed E-state index contributed by atoms with van der Waals surface area (Å²) in [6.07, 6.45) is 0. The summed E-state index contributed by atoms with van der Waals surface area (Å²) in [6, 6.07) is 4.62. The van der Waals surface area contributed by atoms with Gasteiger partial charge in [-0.3, -0.25) is 9.89 Å². The lowest BCUT2D eigenvalue weighted by Gasteiger charge is -2.02. The molecule has 0 aliphatic carbocycles. The highest BCUT2D eigenvalue weighted by Crippen LogP contribution is 2.06. The number of carbonyl (C=O) groups excluding carboxylic acids is 1. The van der Waals surface area contributed by atoms with Gasteiger partial charge in [0.15, 0.2) is 0 Å². The molecule has 0 atom stereocenters. The van der Waals surface area contributed by atoms with Gasteiger partial charge in [-0.25, -0.2) is 9.31 Å². The maximum absolute atomic E-state index is 11.5. The topological polar surface area (TPSA) is 63.6 Å². The van der Waals surface area contributed by atoms with Crippen LogP contribution in [0.15, 0.2) is 23.0 Å². The van der Waals surface area contributed by atoms with Gasteiger partial charge in [0.2, 0.25) is 5.43 Å². The number of nitrogens with zero attached hydrogens (tertiary/aromatic N) is 1. The van der Waals surface area contributed by atoms with Gasteiger partial charge in [0.05, 0.1) is 7.11 Å². The molecule has 2 aromatic rings. The zero-order valence-corrected chi connectivity index (χ0v) is 8.40. The van der Waals surface area contributed by atoms with Crippen molar-refractivity contribution in [2.75, 3.05) is 7.11 Å². The molecule has 5 nitrogen and oxygen atoms in total. The van der Waals surface area contributed by atoms with E-state index in [1.54, 1.807) is 19.1 Å². The van der Waals surface area contributed by atoms with Crippen LogP contribution in [0.3, 0.4) is 0 Å². The van der Waals surface area contributed by atoms with Crippen molar-refractivity contribution in [2.24, 2.45) is 0 Å². The van der Waals surface area contributed by atoms with E-state index in [-0.39, 0.29) is 5.43 Å². The van der Waals surface area contributed by atoms with Crippen molar-refractivity contribution < 1.29 is 9.53 Å². The number of ether oxygens (including phenoxy) is 1. The monoisotopic (exact) mass is 206 g/mol. The Morgan fingerprint density at radius 3 is 2.87 bits per heavy atom. The largest absolute Gasteiger partial charge is 0.464 e. The molecule has 0 aliphatic rings. The third-order valence-electron chi connectivity index (χ3n) is 2.16. The summed E-state index contributed by atoms with van der Waals surface area (Å²) in [6.45, 7) is 1.75. The highest BCUT2D eigenvalue weighted by molar-refractivity contribution is 5.88. The molecule has 0 unspecified atom stereocenters. The molecule has 0 amide bonds. The molecule has 0 fully saturated rings. The van der Waals surface area contributed by atoms with Crippen molar-refractivity contribution in [3.63, 3.8) is 0 Å². The fraction of sp³-hybridized carbons (Fsp3) is 0.200. The summed E-state index contributed by atoms with van der Waals surface area (Å²) in [4.78, 5) is 22.9. The van der Waals surface area contributed by atoms with Crippen LogP contribution < -0.4 is 5.43 Å². The third-order valence-corrected chi connectivity index (χ3v) is 2.16. The number of aryl methyl sites for hydroxylation is 1. The predicted molar refractivity (Wildman–Crippen MR) is 54.1 cm³/mol. The second kappa shape index (κ2) is 3.27. The van der Waals surface area contributed by atoms with Crippen molar-refractivity contribution in [2.45, 2.75) is 6.92 Å². The Balaban J connectivity index is 2.80. The number of methoxy groups -OCH3 is 1. The lowest BCUT2D eigenvalue weighted by atomic mass is 10.4. The molecule has 5 heteroatoms. The maximum atomic E-state index is 11.5. The number of rotatable bonds is 1. The fourth-order valence-electron chi connectivity index (χ4n) is 1.49. The van der Waals surface area contributed by atoms with E-state index in [0.717, 1.165) is 0 Å². The van der Waals surface area contributed by atoms with Crippen molar-refractivity contribution in [1.29, 1.82) is 0 Å². The molecule has 0 bridgehead atoms. The van der Waals surface area contributed by atoms with E-state index >= 15 is 0 Å². The Kier molecular flexibility index (Phi) is 2.07. The normalized spacial score (nSPS) is 10.5. The van der Waals surface area contributed by atoms with Gasteiger partial charge in [0, 0.05) is 11.8 Å². The molecule has 0 saturated heterocycles. The van der Waals surface area contributed by atoms with E-state index in [1.807, 2.05) is 0 Å². The zero-order chi connectivity index (χ0) is 11.0. The molecule has 2 aromatic heterocycles. The summed E-state index contributed by atoms with van der Waals surface area (Å²) in [5.41, 5.74) is 1.31. The van der Waals surface area contributed by atoms with Crippen LogP contribution in [-0.2, 0) is 4.74 Å². The first kappa shape index (κ1) is 9.51. The lowest BCUT2D eigenvalue weighted by Crippen LogP contribution is -2.13. The van der Waals surface area contributed by atoms with Crippen molar-refractivity contribution >= 4 is 11.5 Å². The standard InChI is InChI=1S/C10H10N2O3/c1-6-5-9(13)7-3-4-8(10(14)15-2)12(7)11-6/h3-5,11H,1-2H3. The molecule has 78 valence electrons. The number of aromatic nitrogens is 2. The summed E-state index contributed by atoms with van der Waals surface area (Å²) in [5.74, 6) is -0.476. The Hall–Kier alpha value is -2.04. The van der Waals surface area contributed by atoms with Gasteiger partial charge in [-0.1, -0.05) is 0 Å². The Bertz CT molecular complexity index is 580. The number of hydrogen-bond acceptors (Lipinski definition) is 3. The minimum absolute atomic E-state index is 0.124. The number of carbonyl (C=O) groups is 1. The van der Waals surface area contributed by atoms with Crippen LogP contribution in [0.2, 0.25) is 0 Å². The molecule has 15 heavy (non-hydrogen) atoms. The molecule has 0 aliphatic heterocycles. The highest BCUT2D eigenvalue weighted by Gasteiger charge is 2.12. The van der Waals surface area contributed by atoms with Crippen LogP contribution in [-0.4, -0.2) is 22.7 Å². The van der Waals surface area contributed by atoms with E-state index in [2.05, 4.69) is 9.84 Å². The quantitative estimate of drug-likeness (QED) is 0.699. The first-order valence-electron chi connectivity index (χ1n) is 4.43. The van der Waals surface area contributed by atoms with Crippen LogP contribution in [0.4, 0.5) is 0 Å². The number of nitrogens with one attached hydrogen (secondary N) is 1. The van der Waals surface area contributed by atoms with Gasteiger partial charge in [0.1, 0.15) is 11.2 Å². The molecular weight excluding hydrogens is 196 g/mol. The minimum Gasteiger partial charge on any atom is -0.464 e. The number of fused-ring (bicyclic) bond motifs is 1. The second-order valence-electron chi connectivity index (χ2n) is 3.23. The number of hydrogen-bond donors (Lipinski definition) is 1. The lowest BCUT2D eigenvalue weighted by molar-refractivity contribution is 0.0591. The van der Waals surface area contributed by atoms with Crippen LogP contribution in [0.1, 0.15) is 16.2 Å². The summed E-state index contributed by atoms with van der Waals surface area (Å²) in [7, 11) is 1.30. The van der Waals surface area contributed by atoms with Gasteiger partial charge in [-0.2, -0.15) is 0 Å². The van der Waals surface area contributed by atoms with E-state index < -0.39 is 5.97 Å². The van der Waals surface area contributed by atoms with Gasteiger partial charge < -0.3 is 4.74 Å². The molecule has 2 heterocycles. The first-order valence-corrected chi connectivity index (χ1v) is 4.43. The van der Waals surface area contributed by atoms with Gasteiger partial charge in [-0.05, 0) is 19.1 Å². The summed E-state index contributed by atoms with van der Waals surface area (Å²) in [5, 5.41) is 2.91. The fourth-order valence-corrected chi connectivity index (χ4v) is 1.49. The smallest absolute Gasteiger partial charge is 0.356 e. The van der Waals surface area contributed by atoms with Crippen LogP contribution in [0, 0.1) is 6.92 Å². The van der Waals surface area contributed by atoms with Gasteiger partial charge >= 0.3 is 5.97 Å². The highest BCUT2D eigenvalue weighted by atomic mass is 16.5. The zero-order valence-electron chi connectivity index (χ0n) is 8.40. The van der Waals surface area contributed by atoms with Gasteiger partial charge in [-0.15, -0.1) is 0 Å². The van der Waals surface area contributed by atoms with E-state index in [0.29, 0.717) is 16.9 Å². The molecule has 0 radical (unpaired) electrons. The van der Waals surface area contributed by atoms with Crippen molar-refractivity contribution in [1.82, 2.24) is 9.61 Å². The number of esters is 1. The molecular formula is C10H10N2O3. The van der Waals surface area contributed by atoms with Gasteiger partial charge in [0.25, 0.3) is 0 Å². The Morgan fingerprint density at radius 1 is 1.47 bits per heavy atom. The number of aromatic amines is 1. The van der Waals surface area contributed by atoms with Crippen LogP contribution in [0.5, 0.6) is 0 Å². The van der Waals surface area contributed by atoms with Crippen molar-refractivity contribution in [3.05, 3.63) is 39.8 Å². The average Bonchev–Trinajstić information content (AvgIpc) is 2.60. The van der Waals surface area contributed by atoms with E-state index in [4.69, 9.17) is 0 Å². The summed E-state index contributed by atoms with van der Waals surface area (Å²) < 4.78 is 6.03. The summed E-state index contributed by atoms with van der Waals surface area (Å²) >= 11 is 0. The molecule has 2 rings (SSSR count). The number of H-pyrrole nitrogens is 1. The van der Waals surface area contributed by atoms with E-state index in [1.165, 1.54) is 17.7 Å². The Labute approximate surface area is 85.3 Å². The Morgan fingerprint density at radius 2 is 2.20 bits per heavy atom. The minimum atomic E-state index is -0.476. The SMILES string of the molecule is COC(=O)c1ccc2c(=O)cc(C)[nH]n12. The maximum Gasteiger partial charge on any atom is 0.356 e. The molecule has 0 saturated carbocycles. The first-order chi connectivity index (χ1) is 7.13. The van der Waals surface area contributed by atoms with Crippen molar-refractivity contribution in [3.8, 4) is 0 Å². The third kappa shape index (κ3) is 1.41. The predicted octanol–water partition coefficient (Wildman–Crippen LogP) is 0.723. The second-order valence-corrected chi connectivity index (χ2v) is 3.23. The van der Waals surface area contributed by atoms with E-state index in [9.17, 15) is 9.59 Å².